The standard InChI is InChI=1S/C21H23ClN2O2/c1-6-20(4)14(22)10-12-16(17(20)23-5)21(26)15-11(19(12,2)3)8-7-9-13(15)24-18(21)25/h6-9,12,14,16-17,26H,1,10H2,2-4H3,(H,24,25)/t12-,14+,16-,17+,20-,21+/m0/s1. The van der Waals surface area contributed by atoms with E-state index in [9.17, 15) is 9.90 Å². The second-order valence-corrected chi connectivity index (χ2v) is 9.18. The molecule has 1 fully saturated rings. The van der Waals surface area contributed by atoms with Crippen molar-refractivity contribution in [1.29, 1.82) is 0 Å². The molecular formula is C21H23ClN2O2. The summed E-state index contributed by atoms with van der Waals surface area (Å²) in [5, 5.41) is 14.3. The van der Waals surface area contributed by atoms with Gasteiger partial charge in [0, 0.05) is 11.3 Å². The van der Waals surface area contributed by atoms with Crippen LogP contribution in [0, 0.1) is 23.8 Å². The van der Waals surface area contributed by atoms with E-state index in [1.54, 1.807) is 6.08 Å². The zero-order valence-corrected chi connectivity index (χ0v) is 16.0. The van der Waals surface area contributed by atoms with Crippen LogP contribution >= 0.6 is 11.6 Å². The maximum absolute atomic E-state index is 13.0. The molecule has 0 radical (unpaired) electrons. The molecule has 4 nitrogen and oxygen atoms in total. The van der Waals surface area contributed by atoms with Crippen molar-refractivity contribution in [3.05, 3.63) is 53.4 Å². The van der Waals surface area contributed by atoms with Crippen molar-refractivity contribution in [2.45, 2.75) is 49.6 Å². The van der Waals surface area contributed by atoms with Gasteiger partial charge in [0.05, 0.1) is 16.7 Å². The predicted octanol–water partition coefficient (Wildman–Crippen LogP) is 3.84. The van der Waals surface area contributed by atoms with Gasteiger partial charge in [-0.3, -0.25) is 4.79 Å². The lowest BCUT2D eigenvalue weighted by Crippen LogP contribution is -2.64. The largest absolute Gasteiger partial charge is 0.375 e. The minimum atomic E-state index is -1.71. The first-order chi connectivity index (χ1) is 12.1. The number of fused-ring (bicyclic) bond motifs is 2. The van der Waals surface area contributed by atoms with Crippen molar-refractivity contribution in [2.24, 2.45) is 17.3 Å². The summed E-state index contributed by atoms with van der Waals surface area (Å²) in [6.07, 6.45) is 2.35. The van der Waals surface area contributed by atoms with Crippen molar-refractivity contribution in [3.8, 4) is 0 Å². The second-order valence-electron chi connectivity index (χ2n) is 8.65. The van der Waals surface area contributed by atoms with Gasteiger partial charge in [0.2, 0.25) is 6.04 Å². The van der Waals surface area contributed by atoms with Crippen LogP contribution in [0.1, 0.15) is 38.3 Å². The zero-order chi connectivity index (χ0) is 19.1. The number of halogens is 1. The normalized spacial score (nSPS) is 42.2. The van der Waals surface area contributed by atoms with Crippen molar-refractivity contribution < 1.29 is 9.90 Å². The second kappa shape index (κ2) is 5.12. The highest BCUT2D eigenvalue weighted by Crippen LogP contribution is 2.64. The van der Waals surface area contributed by atoms with E-state index in [0.717, 1.165) is 5.56 Å². The molecule has 4 rings (SSSR count). The summed E-state index contributed by atoms with van der Waals surface area (Å²) in [6, 6.07) is 5.08. The van der Waals surface area contributed by atoms with Gasteiger partial charge in [0.1, 0.15) is 0 Å². The summed E-state index contributed by atoms with van der Waals surface area (Å²) in [4.78, 5) is 16.9. The summed E-state index contributed by atoms with van der Waals surface area (Å²) in [7, 11) is 0. The lowest BCUT2D eigenvalue weighted by Gasteiger charge is -2.56. The Labute approximate surface area is 159 Å². The monoisotopic (exact) mass is 370 g/mol. The molecule has 1 aromatic carbocycles. The van der Waals surface area contributed by atoms with E-state index in [0.29, 0.717) is 17.7 Å². The summed E-state index contributed by atoms with van der Waals surface area (Å²) in [6.45, 7) is 18.0. The van der Waals surface area contributed by atoms with Gasteiger partial charge < -0.3 is 15.3 Å². The van der Waals surface area contributed by atoms with Crippen LogP contribution in [0.3, 0.4) is 0 Å². The van der Waals surface area contributed by atoms with Gasteiger partial charge in [-0.05, 0) is 36.3 Å². The Morgan fingerprint density at radius 1 is 1.42 bits per heavy atom. The number of hydrogen-bond donors (Lipinski definition) is 2. The molecule has 1 saturated carbocycles. The average Bonchev–Trinajstić information content (AvgIpc) is 2.87. The summed E-state index contributed by atoms with van der Waals surface area (Å²) in [5.41, 5.74) is -0.434. The average molecular weight is 371 g/mol. The molecule has 1 heterocycles. The Kier molecular flexibility index (Phi) is 3.46. The van der Waals surface area contributed by atoms with E-state index in [2.05, 4.69) is 30.6 Å². The van der Waals surface area contributed by atoms with Crippen molar-refractivity contribution in [2.75, 3.05) is 5.32 Å². The molecule has 26 heavy (non-hydrogen) atoms. The lowest BCUT2D eigenvalue weighted by atomic mass is 9.47. The van der Waals surface area contributed by atoms with Crippen molar-refractivity contribution in [3.63, 3.8) is 0 Å². The van der Waals surface area contributed by atoms with E-state index < -0.39 is 28.9 Å². The Morgan fingerprint density at radius 3 is 2.73 bits per heavy atom. The minimum Gasteiger partial charge on any atom is -0.375 e. The maximum atomic E-state index is 13.0. The number of anilines is 1. The van der Waals surface area contributed by atoms with Crippen LogP contribution in [0.4, 0.5) is 5.69 Å². The number of nitrogens with zero attached hydrogens (tertiary/aromatic N) is 1. The molecule has 0 spiro atoms. The quantitative estimate of drug-likeness (QED) is 0.448. The Hall–Kier alpha value is -1.83. The third-order valence-electron chi connectivity index (χ3n) is 7.27. The smallest absolute Gasteiger partial charge is 0.261 e. The van der Waals surface area contributed by atoms with E-state index in [4.69, 9.17) is 18.2 Å². The molecular weight excluding hydrogens is 348 g/mol. The van der Waals surface area contributed by atoms with Crippen molar-refractivity contribution in [1.82, 2.24) is 0 Å². The van der Waals surface area contributed by atoms with E-state index >= 15 is 0 Å². The van der Waals surface area contributed by atoms with Gasteiger partial charge in [-0.25, -0.2) is 6.57 Å². The molecule has 1 aliphatic heterocycles. The van der Waals surface area contributed by atoms with E-state index in [-0.39, 0.29) is 16.7 Å². The molecule has 3 aliphatic rings. The van der Waals surface area contributed by atoms with Crippen LogP contribution in [0.2, 0.25) is 0 Å². The topological polar surface area (TPSA) is 53.7 Å². The van der Waals surface area contributed by atoms with Crippen LogP contribution in [0.15, 0.2) is 30.9 Å². The number of alkyl halides is 1. The molecule has 5 heteroatoms. The number of nitrogens with one attached hydrogen (secondary N) is 1. The third kappa shape index (κ3) is 1.76. The fraction of sp³-hybridized carbons (Fsp3) is 0.524. The van der Waals surface area contributed by atoms with Crippen LogP contribution < -0.4 is 5.32 Å². The SMILES string of the molecule is [C-]#[N+][C@@H]1[C@@H]2[C@H](C[C@@H](Cl)[C@]1(C)C=C)C(C)(C)c1cccc3c1[C@]2(O)C(=O)N3. The molecule has 2 N–H and O–H groups in total. The number of benzene rings is 1. The number of hydrogen-bond acceptors (Lipinski definition) is 2. The van der Waals surface area contributed by atoms with Crippen LogP contribution in [0.5, 0.6) is 0 Å². The van der Waals surface area contributed by atoms with E-state index in [1.165, 1.54) is 0 Å². The third-order valence-corrected chi connectivity index (χ3v) is 7.92. The molecule has 0 bridgehead atoms. The molecule has 6 atom stereocenters. The molecule has 0 saturated heterocycles. The number of amides is 1. The summed E-state index contributed by atoms with van der Waals surface area (Å²) < 4.78 is 0. The predicted molar refractivity (Wildman–Crippen MR) is 102 cm³/mol. The number of rotatable bonds is 1. The Bertz CT molecular complexity index is 873. The zero-order valence-electron chi connectivity index (χ0n) is 15.2. The highest BCUT2D eigenvalue weighted by atomic mass is 35.5. The van der Waals surface area contributed by atoms with Crippen LogP contribution in [-0.2, 0) is 15.8 Å². The van der Waals surface area contributed by atoms with Crippen LogP contribution in [0.25, 0.3) is 4.85 Å². The van der Waals surface area contributed by atoms with Gasteiger partial charge in [-0.2, -0.15) is 0 Å². The molecule has 0 unspecified atom stereocenters. The van der Waals surface area contributed by atoms with Gasteiger partial charge in [-0.1, -0.05) is 32.1 Å². The highest BCUT2D eigenvalue weighted by Gasteiger charge is 2.71. The van der Waals surface area contributed by atoms with Gasteiger partial charge in [0.25, 0.3) is 5.91 Å². The number of carbonyl (C=O) groups is 1. The fourth-order valence-electron chi connectivity index (χ4n) is 5.60. The Balaban J connectivity index is 2.05. The molecule has 1 aromatic rings. The van der Waals surface area contributed by atoms with Crippen LogP contribution in [-0.4, -0.2) is 22.4 Å². The van der Waals surface area contributed by atoms with Gasteiger partial charge in [0.15, 0.2) is 5.60 Å². The first kappa shape index (κ1) is 17.6. The highest BCUT2D eigenvalue weighted by molar-refractivity contribution is 6.21. The number of aliphatic hydroxyl groups is 1. The number of carbonyl (C=O) groups excluding carboxylic acids is 1. The fourth-order valence-corrected chi connectivity index (χ4v) is 6.01. The van der Waals surface area contributed by atoms with Gasteiger partial charge >= 0.3 is 0 Å². The molecule has 136 valence electrons. The first-order valence-electron chi connectivity index (χ1n) is 8.96. The molecule has 1 amide bonds. The maximum Gasteiger partial charge on any atom is 0.261 e. The Morgan fingerprint density at radius 2 is 2.12 bits per heavy atom. The first-order valence-corrected chi connectivity index (χ1v) is 9.39. The molecule has 0 aromatic heterocycles. The summed E-state index contributed by atoms with van der Waals surface area (Å²) >= 11 is 6.76. The van der Waals surface area contributed by atoms with Gasteiger partial charge in [-0.15, -0.1) is 18.2 Å². The summed E-state index contributed by atoms with van der Waals surface area (Å²) in [5.74, 6) is -1.06. The lowest BCUT2D eigenvalue weighted by molar-refractivity contribution is -0.154. The minimum absolute atomic E-state index is 0.0891. The molecule has 2 aliphatic carbocycles. The van der Waals surface area contributed by atoms with E-state index in [1.807, 2.05) is 25.1 Å². The van der Waals surface area contributed by atoms with Crippen molar-refractivity contribution >= 4 is 23.2 Å².